The number of rotatable bonds is 47. The first kappa shape index (κ1) is 62.7. The van der Waals surface area contributed by atoms with Gasteiger partial charge in [-0.25, -0.2) is 0 Å². The Balaban J connectivity index is 2.66. The van der Waals surface area contributed by atoms with E-state index >= 15 is 0 Å². The van der Waals surface area contributed by atoms with Gasteiger partial charge in [0.25, 0.3) is 5.24 Å². The molecule has 8 nitrogen and oxygen atoms in total. The first-order valence-electron chi connectivity index (χ1n) is 28.8. The fourth-order valence-electron chi connectivity index (χ4n) is 9.58. The predicted octanol–water partition coefficient (Wildman–Crippen LogP) is 16.7. The Morgan fingerprint density at radius 3 is 1.39 bits per heavy atom. The van der Waals surface area contributed by atoms with Crippen molar-refractivity contribution in [1.82, 2.24) is 9.80 Å². The van der Waals surface area contributed by atoms with Crippen LogP contribution in [-0.4, -0.2) is 91.4 Å². The van der Waals surface area contributed by atoms with Crippen LogP contribution in [-0.2, 0) is 23.8 Å². The second-order valence-corrected chi connectivity index (χ2v) is 21.5. The zero-order valence-electron chi connectivity index (χ0n) is 44.7. The van der Waals surface area contributed by atoms with Crippen LogP contribution in [0.3, 0.4) is 0 Å². The monoisotopic (exact) mass is 951 g/mol. The molecule has 0 spiro atoms. The van der Waals surface area contributed by atoms with Gasteiger partial charge in [0.1, 0.15) is 0 Å². The summed E-state index contributed by atoms with van der Waals surface area (Å²) < 4.78 is 17.8. The number of hydrogen-bond donors (Lipinski definition) is 0. The molecule has 0 saturated carbocycles. The SMILES string of the molecule is CCCCCCCSC(=O)N(CC1CN(C)CCO1)C(CCCCCCCCC(=O)OCC(CCCC)CCCCCC)CCCCCCCCC(=O)OCC(CCCC)CCCCCC. The van der Waals surface area contributed by atoms with E-state index in [-0.39, 0.29) is 29.3 Å². The van der Waals surface area contributed by atoms with Gasteiger partial charge in [0, 0.05) is 44.3 Å². The number of thioether (sulfide) groups is 1. The summed E-state index contributed by atoms with van der Waals surface area (Å²) >= 11 is 1.54. The molecule has 3 atom stereocenters. The van der Waals surface area contributed by atoms with E-state index in [1.54, 1.807) is 0 Å². The van der Waals surface area contributed by atoms with Gasteiger partial charge in [-0.2, -0.15) is 0 Å². The van der Waals surface area contributed by atoms with E-state index in [1.807, 2.05) is 0 Å². The maximum absolute atomic E-state index is 14.1. The summed E-state index contributed by atoms with van der Waals surface area (Å²) in [5.41, 5.74) is 0. The maximum Gasteiger partial charge on any atom is 0.305 e. The van der Waals surface area contributed by atoms with Crippen molar-refractivity contribution in [2.75, 3.05) is 52.3 Å². The molecular formula is C57H110N2O6S. The van der Waals surface area contributed by atoms with Crippen LogP contribution < -0.4 is 0 Å². The zero-order chi connectivity index (χ0) is 48.1. The largest absolute Gasteiger partial charge is 0.465 e. The highest BCUT2D eigenvalue weighted by molar-refractivity contribution is 8.13. The molecule has 3 unspecified atom stereocenters. The third kappa shape index (κ3) is 36.6. The molecule has 0 aromatic heterocycles. The van der Waals surface area contributed by atoms with Gasteiger partial charge in [-0.15, -0.1) is 0 Å². The van der Waals surface area contributed by atoms with Gasteiger partial charge in [-0.1, -0.05) is 213 Å². The van der Waals surface area contributed by atoms with Gasteiger partial charge in [-0.3, -0.25) is 14.4 Å². The number of nitrogens with zero attached hydrogens (tertiary/aromatic N) is 2. The van der Waals surface area contributed by atoms with Crippen molar-refractivity contribution in [3.63, 3.8) is 0 Å². The molecule has 1 saturated heterocycles. The predicted molar refractivity (Wildman–Crippen MR) is 284 cm³/mol. The Morgan fingerprint density at radius 2 is 0.924 bits per heavy atom. The summed E-state index contributed by atoms with van der Waals surface area (Å²) in [6.07, 6.45) is 42.2. The molecule has 1 aliphatic rings. The summed E-state index contributed by atoms with van der Waals surface area (Å²) in [6.45, 7) is 15.7. The van der Waals surface area contributed by atoms with Crippen LogP contribution in [0.15, 0.2) is 0 Å². The highest BCUT2D eigenvalue weighted by atomic mass is 32.2. The highest BCUT2D eigenvalue weighted by Gasteiger charge is 2.29. The van der Waals surface area contributed by atoms with E-state index in [0.29, 0.717) is 44.4 Å². The van der Waals surface area contributed by atoms with E-state index in [0.717, 1.165) is 109 Å². The van der Waals surface area contributed by atoms with Crippen molar-refractivity contribution in [3.05, 3.63) is 0 Å². The standard InChI is InChI=1S/C57H110N2O6S/c1-7-12-17-28-35-46-66-57(62)59(48-54-47-58(6)44-45-63-54)53(40-31-24-20-22-26-33-42-55(60)64-49-51(36-15-10-4)38-29-18-13-8-2)41-32-25-21-23-27-34-43-56(61)65-50-52(37-16-11-5)39-30-19-14-9-3/h51-54H,7-50H2,1-6H3. The molecule has 0 aromatic rings. The van der Waals surface area contributed by atoms with Crippen molar-refractivity contribution in [2.24, 2.45) is 11.8 Å². The van der Waals surface area contributed by atoms with Crippen LogP contribution >= 0.6 is 11.8 Å². The third-order valence-corrected chi connectivity index (χ3v) is 15.0. The first-order valence-corrected chi connectivity index (χ1v) is 29.8. The second kappa shape index (κ2) is 46.1. The molecular weight excluding hydrogens is 841 g/mol. The van der Waals surface area contributed by atoms with Crippen LogP contribution in [0.2, 0.25) is 0 Å². The van der Waals surface area contributed by atoms with Crippen molar-refractivity contribution in [1.29, 1.82) is 0 Å². The summed E-state index contributed by atoms with van der Waals surface area (Å²) in [7, 11) is 2.16. The summed E-state index contributed by atoms with van der Waals surface area (Å²) in [5, 5.41) is 0.243. The van der Waals surface area contributed by atoms with Crippen molar-refractivity contribution < 1.29 is 28.6 Å². The smallest absolute Gasteiger partial charge is 0.305 e. The van der Waals surface area contributed by atoms with Crippen molar-refractivity contribution >= 4 is 28.9 Å². The maximum atomic E-state index is 14.1. The molecule has 0 bridgehead atoms. The van der Waals surface area contributed by atoms with Gasteiger partial charge in [-0.05, 0) is 76.7 Å². The molecule has 0 radical (unpaired) electrons. The second-order valence-electron chi connectivity index (χ2n) is 20.5. The van der Waals surface area contributed by atoms with Gasteiger partial charge < -0.3 is 24.0 Å². The fourth-order valence-corrected chi connectivity index (χ4v) is 10.5. The number of ether oxygens (including phenoxy) is 3. The molecule has 0 aromatic carbocycles. The summed E-state index contributed by atoms with van der Waals surface area (Å²) in [5.74, 6) is 1.90. The Hall–Kier alpha value is -1.32. The number of carbonyl (C=O) groups excluding carboxylic acids is 3. The lowest BCUT2D eigenvalue weighted by atomic mass is 9.96. The third-order valence-electron chi connectivity index (χ3n) is 14.1. The van der Waals surface area contributed by atoms with Crippen molar-refractivity contribution in [2.45, 2.75) is 284 Å². The molecule has 390 valence electrons. The molecule has 1 fully saturated rings. The molecule has 1 rings (SSSR count). The number of carbonyl (C=O) groups is 3. The van der Waals surface area contributed by atoms with Crippen LogP contribution in [0.5, 0.6) is 0 Å². The molecule has 0 N–H and O–H groups in total. The Kier molecular flexibility index (Phi) is 43.8. The fraction of sp³-hybridized carbons (Fsp3) is 0.947. The van der Waals surface area contributed by atoms with E-state index in [2.05, 4.69) is 51.5 Å². The van der Waals surface area contributed by atoms with Crippen LogP contribution in [0.4, 0.5) is 4.79 Å². The molecule has 9 heteroatoms. The minimum atomic E-state index is -0.0146. The molecule has 66 heavy (non-hydrogen) atoms. The molecule has 1 heterocycles. The first-order chi connectivity index (χ1) is 32.3. The average Bonchev–Trinajstić information content (AvgIpc) is 3.31. The van der Waals surface area contributed by atoms with E-state index in [4.69, 9.17) is 14.2 Å². The van der Waals surface area contributed by atoms with Crippen LogP contribution in [0.25, 0.3) is 0 Å². The highest BCUT2D eigenvalue weighted by Crippen LogP contribution is 2.26. The average molecular weight is 952 g/mol. The Morgan fingerprint density at radius 1 is 0.530 bits per heavy atom. The lowest BCUT2D eigenvalue weighted by molar-refractivity contribution is -0.146. The lowest BCUT2D eigenvalue weighted by Gasteiger charge is -2.38. The zero-order valence-corrected chi connectivity index (χ0v) is 45.5. The number of hydrogen-bond acceptors (Lipinski definition) is 8. The summed E-state index contributed by atoms with van der Waals surface area (Å²) in [4.78, 5) is 43.9. The summed E-state index contributed by atoms with van der Waals surface area (Å²) in [6, 6.07) is 0.228. The van der Waals surface area contributed by atoms with E-state index in [9.17, 15) is 14.4 Å². The molecule has 1 amide bonds. The van der Waals surface area contributed by atoms with Crippen LogP contribution in [0, 0.1) is 11.8 Å². The van der Waals surface area contributed by atoms with E-state index in [1.165, 1.54) is 153 Å². The lowest BCUT2D eigenvalue weighted by Crippen LogP contribution is -2.49. The van der Waals surface area contributed by atoms with Gasteiger partial charge in [0.2, 0.25) is 0 Å². The number of morpholine rings is 1. The van der Waals surface area contributed by atoms with Crippen LogP contribution in [0.1, 0.15) is 272 Å². The molecule has 1 aliphatic heterocycles. The van der Waals surface area contributed by atoms with E-state index < -0.39 is 0 Å². The number of esters is 2. The quantitative estimate of drug-likeness (QED) is 0.0441. The number of amides is 1. The normalized spacial score (nSPS) is 15.7. The Labute approximate surface area is 414 Å². The topological polar surface area (TPSA) is 85.4 Å². The Bertz CT molecular complexity index is 1050. The number of likely N-dealkylation sites (N-methyl/N-ethyl adjacent to an activating group) is 1. The van der Waals surface area contributed by atoms with Crippen molar-refractivity contribution in [3.8, 4) is 0 Å². The van der Waals surface area contributed by atoms with Gasteiger partial charge >= 0.3 is 11.9 Å². The molecule has 0 aliphatic carbocycles. The van der Waals surface area contributed by atoms with Gasteiger partial charge in [0.05, 0.1) is 25.9 Å². The van der Waals surface area contributed by atoms with Gasteiger partial charge in [0.15, 0.2) is 0 Å². The minimum Gasteiger partial charge on any atom is -0.465 e. The minimum absolute atomic E-state index is 0.0146. The number of unbranched alkanes of at least 4 members (excludes halogenated alkanes) is 22.